The molecule has 0 spiro atoms. The topological polar surface area (TPSA) is 58.6 Å². The summed E-state index contributed by atoms with van der Waals surface area (Å²) in [6, 6.07) is 30.3. The van der Waals surface area contributed by atoms with E-state index in [1.807, 2.05) is 56.3 Å². The molecule has 4 nitrogen and oxygen atoms in total. The molecule has 3 aromatic carbocycles. The summed E-state index contributed by atoms with van der Waals surface area (Å²) in [6.45, 7) is 5.97. The van der Waals surface area contributed by atoms with Gasteiger partial charge in [-0.1, -0.05) is 105 Å². The molecule has 4 heteroatoms. The van der Waals surface area contributed by atoms with Crippen LogP contribution >= 0.6 is 0 Å². The van der Waals surface area contributed by atoms with E-state index in [9.17, 15) is 4.79 Å². The molecule has 0 unspecified atom stereocenters. The molecule has 0 radical (unpaired) electrons. The largest absolute Gasteiger partial charge is 0.461 e. The maximum atomic E-state index is 10.8. The Morgan fingerprint density at radius 3 is 1.53 bits per heavy atom. The smallest absolute Gasteiger partial charge is 0.308 e. The third kappa shape index (κ3) is 11.8. The van der Waals surface area contributed by atoms with E-state index in [-0.39, 0.29) is 25.6 Å². The van der Waals surface area contributed by atoms with Gasteiger partial charge in [-0.2, -0.15) is 0 Å². The molecule has 0 aliphatic carbocycles. The minimum Gasteiger partial charge on any atom is -0.461 e. The zero-order valence-corrected chi connectivity index (χ0v) is 18.0. The van der Waals surface area contributed by atoms with Gasteiger partial charge in [-0.25, -0.2) is 0 Å². The van der Waals surface area contributed by atoms with Crippen LogP contribution in [0.25, 0.3) is 0 Å². The quantitative estimate of drug-likeness (QED) is 0.509. The van der Waals surface area contributed by atoms with Gasteiger partial charge in [-0.3, -0.25) is 4.79 Å². The van der Waals surface area contributed by atoms with E-state index in [0.717, 1.165) is 18.7 Å². The zero-order valence-electron chi connectivity index (χ0n) is 18.0. The van der Waals surface area contributed by atoms with E-state index in [1.165, 1.54) is 11.1 Å². The Bertz CT molecular complexity index is 738. The summed E-state index contributed by atoms with van der Waals surface area (Å²) in [5, 5.41) is 11.9. The first kappa shape index (κ1) is 25.1. The van der Waals surface area contributed by atoms with Crippen molar-refractivity contribution in [3.63, 3.8) is 0 Å². The fourth-order valence-electron chi connectivity index (χ4n) is 2.44. The van der Waals surface area contributed by atoms with Crippen LogP contribution < -0.4 is 5.32 Å². The van der Waals surface area contributed by atoms with Crippen molar-refractivity contribution in [3.05, 3.63) is 108 Å². The lowest BCUT2D eigenvalue weighted by atomic mass is 10.2. The highest BCUT2D eigenvalue weighted by Crippen LogP contribution is 2.02. The number of aliphatic hydroxyl groups excluding tert-OH is 1. The second-order valence-corrected chi connectivity index (χ2v) is 6.19. The Hall–Kier alpha value is -2.95. The van der Waals surface area contributed by atoms with E-state index in [1.54, 1.807) is 0 Å². The number of carbonyl (C=O) groups is 1. The monoisotopic (exact) mass is 407 g/mol. The first-order valence-electron chi connectivity index (χ1n) is 10.4. The zero-order chi connectivity index (χ0) is 21.9. The first-order chi connectivity index (χ1) is 14.8. The van der Waals surface area contributed by atoms with Gasteiger partial charge in [0.2, 0.25) is 0 Å². The Balaban J connectivity index is 0.000000280. The highest BCUT2D eigenvalue weighted by atomic mass is 16.5. The number of aliphatic hydroxyl groups is 1. The summed E-state index contributed by atoms with van der Waals surface area (Å²) < 4.78 is 4.87. The Morgan fingerprint density at radius 2 is 1.13 bits per heavy atom. The average Bonchev–Trinajstić information content (AvgIpc) is 2.82. The highest BCUT2D eigenvalue weighted by Gasteiger charge is 2.00. The number of rotatable bonds is 8. The second kappa shape index (κ2) is 17.0. The van der Waals surface area contributed by atoms with Crippen molar-refractivity contribution in [2.45, 2.75) is 40.0 Å². The van der Waals surface area contributed by atoms with Crippen LogP contribution in [0.3, 0.4) is 0 Å². The van der Waals surface area contributed by atoms with Crippen LogP contribution in [-0.4, -0.2) is 17.7 Å². The second-order valence-electron chi connectivity index (χ2n) is 6.19. The molecule has 0 bridgehead atoms. The standard InChI is InChI=1S/C14H15N.C10H12O3.C2H6/c1-3-7-13(8-4-1)11-15-12-14-9-5-2-6-10-14;11-7-6-10(12)13-8-9-4-2-1-3-5-9;1-2/h1-10,15H,11-12H2;1-5,11H,6-8H2;1-2H3. The summed E-state index contributed by atoms with van der Waals surface area (Å²) in [4.78, 5) is 10.8. The van der Waals surface area contributed by atoms with E-state index < -0.39 is 0 Å². The van der Waals surface area contributed by atoms with Crippen molar-refractivity contribution in [1.82, 2.24) is 5.32 Å². The summed E-state index contributed by atoms with van der Waals surface area (Å²) in [7, 11) is 0. The molecule has 3 aromatic rings. The third-order valence-electron chi connectivity index (χ3n) is 3.90. The maximum absolute atomic E-state index is 10.8. The summed E-state index contributed by atoms with van der Waals surface area (Å²) in [5.74, 6) is -0.369. The van der Waals surface area contributed by atoms with Gasteiger partial charge < -0.3 is 15.2 Å². The molecule has 0 atom stereocenters. The van der Waals surface area contributed by atoms with Gasteiger partial charge in [0.15, 0.2) is 0 Å². The van der Waals surface area contributed by atoms with E-state index >= 15 is 0 Å². The lowest BCUT2D eigenvalue weighted by molar-refractivity contribution is -0.145. The van der Waals surface area contributed by atoms with Gasteiger partial charge in [0.25, 0.3) is 0 Å². The number of benzene rings is 3. The lowest BCUT2D eigenvalue weighted by Gasteiger charge is -2.04. The lowest BCUT2D eigenvalue weighted by Crippen LogP contribution is -2.12. The third-order valence-corrected chi connectivity index (χ3v) is 3.90. The molecule has 30 heavy (non-hydrogen) atoms. The van der Waals surface area contributed by atoms with Crippen molar-refractivity contribution in [2.75, 3.05) is 6.61 Å². The molecule has 0 saturated carbocycles. The molecule has 0 heterocycles. The molecule has 0 amide bonds. The van der Waals surface area contributed by atoms with E-state index in [2.05, 4.69) is 53.8 Å². The maximum Gasteiger partial charge on any atom is 0.308 e. The first-order valence-corrected chi connectivity index (χ1v) is 10.4. The molecule has 0 saturated heterocycles. The van der Waals surface area contributed by atoms with Gasteiger partial charge in [-0.05, 0) is 16.7 Å². The predicted octanol–water partition coefficient (Wildman–Crippen LogP) is 5.11. The Morgan fingerprint density at radius 1 is 0.733 bits per heavy atom. The number of esters is 1. The molecule has 0 aliphatic heterocycles. The number of ether oxygens (including phenoxy) is 1. The van der Waals surface area contributed by atoms with Gasteiger partial charge in [0.1, 0.15) is 6.61 Å². The van der Waals surface area contributed by atoms with Crippen LogP contribution in [0.15, 0.2) is 91.0 Å². The van der Waals surface area contributed by atoms with Crippen molar-refractivity contribution >= 4 is 5.97 Å². The SMILES string of the molecule is CC.O=C(CCO)OCc1ccccc1.c1ccc(CNCc2ccccc2)cc1. The number of hydrogen-bond acceptors (Lipinski definition) is 4. The number of carbonyl (C=O) groups excluding carboxylic acids is 1. The van der Waals surface area contributed by atoms with Crippen LogP contribution in [0.1, 0.15) is 37.0 Å². The molecule has 0 aromatic heterocycles. The Labute approximate surface area is 180 Å². The van der Waals surface area contributed by atoms with Crippen molar-refractivity contribution in [3.8, 4) is 0 Å². The molecule has 0 aliphatic rings. The molecular formula is C26H33NO3. The molecule has 160 valence electrons. The summed E-state index contributed by atoms with van der Waals surface area (Å²) in [6.07, 6.45) is 0.0623. The molecule has 0 fully saturated rings. The number of nitrogens with one attached hydrogen (secondary N) is 1. The number of hydrogen-bond donors (Lipinski definition) is 2. The van der Waals surface area contributed by atoms with E-state index in [0.29, 0.717) is 0 Å². The van der Waals surface area contributed by atoms with E-state index in [4.69, 9.17) is 9.84 Å². The average molecular weight is 408 g/mol. The fourth-order valence-corrected chi connectivity index (χ4v) is 2.44. The summed E-state index contributed by atoms with van der Waals surface area (Å²) in [5.41, 5.74) is 3.61. The van der Waals surface area contributed by atoms with Gasteiger partial charge in [0.05, 0.1) is 13.0 Å². The Kier molecular flexibility index (Phi) is 14.2. The van der Waals surface area contributed by atoms with Crippen molar-refractivity contribution in [2.24, 2.45) is 0 Å². The van der Waals surface area contributed by atoms with Gasteiger partial charge in [0, 0.05) is 13.1 Å². The van der Waals surface area contributed by atoms with Crippen LogP contribution in [-0.2, 0) is 29.2 Å². The van der Waals surface area contributed by atoms with Crippen LogP contribution in [0, 0.1) is 0 Å². The molecule has 3 rings (SSSR count). The van der Waals surface area contributed by atoms with Gasteiger partial charge in [-0.15, -0.1) is 0 Å². The highest BCUT2D eigenvalue weighted by molar-refractivity contribution is 5.69. The minimum absolute atomic E-state index is 0.0623. The van der Waals surface area contributed by atoms with Crippen LogP contribution in [0.4, 0.5) is 0 Å². The van der Waals surface area contributed by atoms with Crippen LogP contribution in [0.2, 0.25) is 0 Å². The minimum atomic E-state index is -0.369. The van der Waals surface area contributed by atoms with Crippen molar-refractivity contribution in [1.29, 1.82) is 0 Å². The summed E-state index contributed by atoms with van der Waals surface area (Å²) >= 11 is 0. The predicted molar refractivity (Wildman–Crippen MR) is 123 cm³/mol. The fraction of sp³-hybridized carbons (Fsp3) is 0.269. The van der Waals surface area contributed by atoms with Crippen LogP contribution in [0.5, 0.6) is 0 Å². The molecular weight excluding hydrogens is 374 g/mol. The van der Waals surface area contributed by atoms with Crippen molar-refractivity contribution < 1.29 is 14.6 Å². The van der Waals surface area contributed by atoms with Gasteiger partial charge >= 0.3 is 5.97 Å². The normalized spacial score (nSPS) is 9.43. The molecule has 2 N–H and O–H groups in total.